The fraction of sp³-hybridized carbons (Fsp3) is 0.154. The summed E-state index contributed by atoms with van der Waals surface area (Å²) in [5.74, 6) is -0.645. The summed E-state index contributed by atoms with van der Waals surface area (Å²) in [5.41, 5.74) is 1.73. The first-order chi connectivity index (χ1) is 8.59. The fourth-order valence-electron chi connectivity index (χ4n) is 1.60. The lowest BCUT2D eigenvalue weighted by molar-refractivity contribution is -0.124. The molecule has 0 aliphatic carbocycles. The van der Waals surface area contributed by atoms with Gasteiger partial charge in [0.25, 0.3) is 0 Å². The Morgan fingerprint density at radius 2 is 1.72 bits per heavy atom. The quantitative estimate of drug-likeness (QED) is 0.834. The SMILES string of the molecule is CC(=O)N(C(C)=O)c1nc(-c2ccccc2)cs1. The summed E-state index contributed by atoms with van der Waals surface area (Å²) >= 11 is 1.28. The van der Waals surface area contributed by atoms with Gasteiger partial charge in [0.1, 0.15) is 0 Å². The molecule has 0 aliphatic rings. The predicted octanol–water partition coefficient (Wildman–Crippen LogP) is 2.71. The Kier molecular flexibility index (Phi) is 3.53. The highest BCUT2D eigenvalue weighted by Crippen LogP contribution is 2.27. The summed E-state index contributed by atoms with van der Waals surface area (Å²) in [4.78, 5) is 28.2. The number of amides is 2. The van der Waals surface area contributed by atoms with Crippen LogP contribution in [0, 0.1) is 0 Å². The first kappa shape index (κ1) is 12.4. The Labute approximate surface area is 109 Å². The third kappa shape index (κ3) is 2.46. The van der Waals surface area contributed by atoms with E-state index in [1.807, 2.05) is 35.7 Å². The molecule has 92 valence electrons. The van der Waals surface area contributed by atoms with Crippen LogP contribution in [0.25, 0.3) is 11.3 Å². The van der Waals surface area contributed by atoms with E-state index >= 15 is 0 Å². The van der Waals surface area contributed by atoms with E-state index in [9.17, 15) is 9.59 Å². The van der Waals surface area contributed by atoms with Crippen molar-refractivity contribution in [2.45, 2.75) is 13.8 Å². The van der Waals surface area contributed by atoms with Crippen molar-refractivity contribution in [1.82, 2.24) is 4.98 Å². The molecule has 0 aliphatic heterocycles. The predicted molar refractivity (Wildman–Crippen MR) is 71.4 cm³/mol. The van der Waals surface area contributed by atoms with Gasteiger partial charge < -0.3 is 0 Å². The van der Waals surface area contributed by atoms with Crippen LogP contribution < -0.4 is 4.90 Å². The summed E-state index contributed by atoms with van der Waals surface area (Å²) in [7, 11) is 0. The fourth-order valence-corrected chi connectivity index (χ4v) is 2.52. The maximum atomic E-state index is 11.4. The molecule has 2 amide bonds. The average molecular weight is 260 g/mol. The van der Waals surface area contributed by atoms with Crippen molar-refractivity contribution in [2.24, 2.45) is 0 Å². The minimum absolute atomic E-state index is 0.323. The van der Waals surface area contributed by atoms with Crippen LogP contribution in [0.15, 0.2) is 35.7 Å². The van der Waals surface area contributed by atoms with Gasteiger partial charge in [-0.3, -0.25) is 9.59 Å². The largest absolute Gasteiger partial charge is 0.274 e. The third-order valence-corrected chi connectivity index (χ3v) is 3.21. The minimum Gasteiger partial charge on any atom is -0.274 e. The van der Waals surface area contributed by atoms with Gasteiger partial charge in [0.15, 0.2) is 5.13 Å². The van der Waals surface area contributed by atoms with Gasteiger partial charge in [-0.25, -0.2) is 9.88 Å². The van der Waals surface area contributed by atoms with Gasteiger partial charge in [-0.2, -0.15) is 0 Å². The van der Waals surface area contributed by atoms with E-state index in [1.54, 1.807) is 0 Å². The molecule has 0 radical (unpaired) electrons. The van der Waals surface area contributed by atoms with Crippen LogP contribution in [-0.2, 0) is 9.59 Å². The van der Waals surface area contributed by atoms with Crippen LogP contribution in [0.1, 0.15) is 13.8 Å². The van der Waals surface area contributed by atoms with E-state index in [4.69, 9.17) is 0 Å². The molecule has 0 atom stereocenters. The molecule has 1 aromatic carbocycles. The lowest BCUT2D eigenvalue weighted by Gasteiger charge is -2.12. The third-order valence-electron chi connectivity index (χ3n) is 2.38. The molecule has 18 heavy (non-hydrogen) atoms. The zero-order chi connectivity index (χ0) is 13.1. The Morgan fingerprint density at radius 3 is 2.28 bits per heavy atom. The van der Waals surface area contributed by atoms with E-state index in [1.165, 1.54) is 25.2 Å². The van der Waals surface area contributed by atoms with Gasteiger partial charge in [0.2, 0.25) is 11.8 Å². The normalized spacial score (nSPS) is 10.1. The van der Waals surface area contributed by atoms with Crippen LogP contribution in [0.2, 0.25) is 0 Å². The van der Waals surface area contributed by atoms with Crippen molar-refractivity contribution in [3.63, 3.8) is 0 Å². The standard InChI is InChI=1S/C13H12N2O2S/c1-9(16)15(10(2)17)13-14-12(8-18-13)11-6-4-3-5-7-11/h3-8H,1-2H3. The molecule has 0 N–H and O–H groups in total. The van der Waals surface area contributed by atoms with Crippen molar-refractivity contribution < 1.29 is 9.59 Å². The second kappa shape index (κ2) is 5.10. The number of carbonyl (C=O) groups excluding carboxylic acids is 2. The number of imide groups is 1. The number of hydrogen-bond donors (Lipinski definition) is 0. The molecule has 5 heteroatoms. The highest BCUT2D eigenvalue weighted by atomic mass is 32.1. The molecule has 2 aromatic rings. The Hall–Kier alpha value is -2.01. The van der Waals surface area contributed by atoms with Crippen molar-refractivity contribution in [2.75, 3.05) is 4.90 Å². The van der Waals surface area contributed by atoms with Gasteiger partial charge in [0, 0.05) is 24.8 Å². The summed E-state index contributed by atoms with van der Waals surface area (Å²) in [6.07, 6.45) is 0. The van der Waals surface area contributed by atoms with E-state index in [0.29, 0.717) is 5.13 Å². The minimum atomic E-state index is -0.323. The molecule has 0 saturated carbocycles. The van der Waals surface area contributed by atoms with Gasteiger partial charge in [0.05, 0.1) is 5.69 Å². The molecule has 0 saturated heterocycles. The first-order valence-electron chi connectivity index (χ1n) is 5.42. The lowest BCUT2D eigenvalue weighted by Crippen LogP contribution is -2.32. The van der Waals surface area contributed by atoms with Gasteiger partial charge >= 0.3 is 0 Å². The van der Waals surface area contributed by atoms with Gasteiger partial charge in [-0.15, -0.1) is 11.3 Å². The Morgan fingerprint density at radius 1 is 1.11 bits per heavy atom. The highest BCUT2D eigenvalue weighted by Gasteiger charge is 2.19. The highest BCUT2D eigenvalue weighted by molar-refractivity contribution is 7.14. The van der Waals surface area contributed by atoms with E-state index < -0.39 is 0 Å². The maximum absolute atomic E-state index is 11.4. The number of carbonyl (C=O) groups is 2. The van der Waals surface area contributed by atoms with Crippen LogP contribution in [0.3, 0.4) is 0 Å². The number of benzene rings is 1. The lowest BCUT2D eigenvalue weighted by atomic mass is 10.2. The van der Waals surface area contributed by atoms with Gasteiger partial charge in [-0.05, 0) is 0 Å². The molecule has 2 rings (SSSR count). The van der Waals surface area contributed by atoms with Crippen LogP contribution >= 0.6 is 11.3 Å². The number of hydrogen-bond acceptors (Lipinski definition) is 4. The number of rotatable bonds is 2. The van der Waals surface area contributed by atoms with Crippen molar-refractivity contribution in [3.05, 3.63) is 35.7 Å². The van der Waals surface area contributed by atoms with Crippen molar-refractivity contribution >= 4 is 28.3 Å². The molecule has 1 heterocycles. The monoisotopic (exact) mass is 260 g/mol. The molecule has 0 unspecified atom stereocenters. The van der Waals surface area contributed by atoms with Crippen molar-refractivity contribution in [3.8, 4) is 11.3 Å². The smallest absolute Gasteiger partial charge is 0.232 e. The van der Waals surface area contributed by atoms with Crippen LogP contribution in [0.4, 0.5) is 5.13 Å². The number of anilines is 1. The molecule has 0 fully saturated rings. The Balaban J connectivity index is 2.36. The second-order valence-corrected chi connectivity index (χ2v) is 4.59. The van der Waals surface area contributed by atoms with Crippen LogP contribution in [-0.4, -0.2) is 16.8 Å². The molecule has 0 spiro atoms. The molecule has 0 bridgehead atoms. The number of nitrogens with zero attached hydrogens (tertiary/aromatic N) is 2. The number of thiazole rings is 1. The van der Waals surface area contributed by atoms with Gasteiger partial charge in [-0.1, -0.05) is 30.3 Å². The van der Waals surface area contributed by atoms with E-state index in [0.717, 1.165) is 16.2 Å². The zero-order valence-electron chi connectivity index (χ0n) is 10.1. The van der Waals surface area contributed by atoms with Crippen molar-refractivity contribution in [1.29, 1.82) is 0 Å². The topological polar surface area (TPSA) is 50.3 Å². The summed E-state index contributed by atoms with van der Waals surface area (Å²) in [6, 6.07) is 9.63. The molecular formula is C13H12N2O2S. The molecule has 4 nitrogen and oxygen atoms in total. The Bertz CT molecular complexity index is 564. The first-order valence-corrected chi connectivity index (χ1v) is 6.30. The summed E-state index contributed by atoms with van der Waals surface area (Å²) in [5, 5.41) is 2.25. The second-order valence-electron chi connectivity index (χ2n) is 3.75. The van der Waals surface area contributed by atoms with E-state index in [2.05, 4.69) is 4.98 Å². The zero-order valence-corrected chi connectivity index (χ0v) is 10.9. The average Bonchev–Trinajstić information content (AvgIpc) is 2.78. The molecule has 1 aromatic heterocycles. The van der Waals surface area contributed by atoms with E-state index in [-0.39, 0.29) is 11.8 Å². The number of aromatic nitrogens is 1. The van der Waals surface area contributed by atoms with Crippen LogP contribution in [0.5, 0.6) is 0 Å². The molecular weight excluding hydrogens is 248 g/mol. The summed E-state index contributed by atoms with van der Waals surface area (Å²) in [6.45, 7) is 2.70. The summed E-state index contributed by atoms with van der Waals surface area (Å²) < 4.78 is 0. The maximum Gasteiger partial charge on any atom is 0.232 e.